The van der Waals surface area contributed by atoms with Crippen LogP contribution in [0.25, 0.3) is 83.9 Å². The van der Waals surface area contributed by atoms with Crippen LogP contribution in [-0.2, 0) is 5.41 Å². The Morgan fingerprint density at radius 3 is 1.95 bits per heavy atom. The van der Waals surface area contributed by atoms with E-state index in [4.69, 9.17) is 14.1 Å². The van der Waals surface area contributed by atoms with Crippen LogP contribution in [0.1, 0.15) is 47.1 Å². The summed E-state index contributed by atoms with van der Waals surface area (Å²) < 4.78 is 27.1. The number of phenols is 1. The van der Waals surface area contributed by atoms with Crippen LogP contribution in [0.4, 0.5) is 0 Å². The van der Waals surface area contributed by atoms with Crippen LogP contribution in [0.15, 0.2) is 170 Å². The predicted octanol–water partition coefficient (Wildman–Crippen LogP) is 14.4. The molecule has 9 aromatic rings. The first-order chi connectivity index (χ1) is 29.7. The molecular weight excluding hydrogens is 719 g/mol. The van der Waals surface area contributed by atoms with Gasteiger partial charge in [-0.3, -0.25) is 9.55 Å². The van der Waals surface area contributed by atoms with Crippen molar-refractivity contribution in [2.24, 2.45) is 0 Å². The number of aryl methyl sites for hydroxylation is 3. The van der Waals surface area contributed by atoms with E-state index in [-0.39, 0.29) is 16.7 Å². The number of phenolic OH excluding ortho intramolecular Hbond substituents is 1. The van der Waals surface area contributed by atoms with Gasteiger partial charge in [0.15, 0.2) is 0 Å². The Morgan fingerprint density at radius 2 is 1.22 bits per heavy atom. The van der Waals surface area contributed by atoms with Crippen LogP contribution in [0.2, 0.25) is 0 Å². The van der Waals surface area contributed by atoms with Crippen LogP contribution < -0.4 is 0 Å². The van der Waals surface area contributed by atoms with Crippen molar-refractivity contribution in [3.63, 3.8) is 0 Å². The number of aromatic hydroxyl groups is 1. The molecule has 0 radical (unpaired) electrons. The molecule has 0 saturated carbocycles. The van der Waals surface area contributed by atoms with Crippen molar-refractivity contribution in [1.29, 1.82) is 0 Å². The number of hydrogen-bond donors (Lipinski definition) is 1. The number of aromatic nitrogens is 3. The summed E-state index contributed by atoms with van der Waals surface area (Å²) in [5.41, 5.74) is 15.5. The summed E-state index contributed by atoms with van der Waals surface area (Å²) in [6.07, 6.45) is 1.87. The van der Waals surface area contributed by atoms with Crippen molar-refractivity contribution >= 4 is 11.0 Å². The maximum Gasteiger partial charge on any atom is 0.149 e. The average Bonchev–Trinajstić information content (AvgIpc) is 3.66. The summed E-state index contributed by atoms with van der Waals surface area (Å²) in [4.78, 5) is 10.4. The average molecular weight is 769 g/mol. The maximum atomic E-state index is 12.0. The predicted molar refractivity (Wildman–Crippen MR) is 246 cm³/mol. The number of benzene rings is 7. The van der Waals surface area contributed by atoms with Crippen LogP contribution in [0.5, 0.6) is 5.75 Å². The van der Waals surface area contributed by atoms with Crippen molar-refractivity contribution in [1.82, 2.24) is 14.5 Å². The van der Waals surface area contributed by atoms with Crippen LogP contribution in [-0.4, -0.2) is 19.6 Å². The van der Waals surface area contributed by atoms with Gasteiger partial charge in [0.1, 0.15) is 11.6 Å². The third-order valence-corrected chi connectivity index (χ3v) is 11.2. The van der Waals surface area contributed by atoms with Crippen molar-refractivity contribution in [2.75, 3.05) is 0 Å². The van der Waals surface area contributed by atoms with Crippen LogP contribution in [0, 0.1) is 20.7 Å². The topological polar surface area (TPSA) is 50.9 Å². The molecule has 0 atom stereocenters. The lowest BCUT2D eigenvalue weighted by atomic mass is 9.84. The van der Waals surface area contributed by atoms with Gasteiger partial charge in [0, 0.05) is 27.0 Å². The first kappa shape index (κ1) is 34.0. The summed E-state index contributed by atoms with van der Waals surface area (Å²) in [5, 5.41) is 12.0. The largest absolute Gasteiger partial charge is 0.507 e. The molecule has 1 N–H and O–H groups in total. The molecular formula is C55H47N3O. The molecule has 0 amide bonds. The molecule has 0 aliphatic carbocycles. The molecule has 2 heterocycles. The Kier molecular flexibility index (Phi) is 8.68. The molecule has 0 spiro atoms. The van der Waals surface area contributed by atoms with Crippen molar-refractivity contribution in [3.8, 4) is 78.6 Å². The number of rotatable bonds is 7. The Balaban J connectivity index is 1.34. The molecule has 0 saturated heterocycles. The van der Waals surface area contributed by atoms with E-state index >= 15 is 0 Å². The highest BCUT2D eigenvalue weighted by atomic mass is 16.3. The summed E-state index contributed by atoms with van der Waals surface area (Å²) in [7, 11) is 0. The molecule has 0 fully saturated rings. The fraction of sp³-hybridized carbons (Fsp3) is 0.127. The van der Waals surface area contributed by atoms with E-state index in [2.05, 4.69) is 111 Å². The number of fused-ring (bicyclic) bond motifs is 1. The molecule has 2 aromatic heterocycles. The van der Waals surface area contributed by atoms with Crippen LogP contribution >= 0.6 is 0 Å². The zero-order valence-corrected chi connectivity index (χ0v) is 34.0. The summed E-state index contributed by atoms with van der Waals surface area (Å²) in [5.74, 6) is 0.689. The first-order valence-electron chi connectivity index (χ1n) is 21.5. The standard InChI is InChI=1S/C55H47N3O/c1-35-20-23-39(24-21-35)41-26-27-56-49(33-41)44-31-42(38-14-9-7-10-15-38)30-43(32-44)46-18-13-19-51-52(46)57-54(48-34-45(55(4,5)6)29-37(3)53(48)59)58(51)50-25-22-36(2)28-47(50)40-16-11-8-12-17-40/h7-34,59H,1-6H3/i2D3. The van der Waals surface area contributed by atoms with Gasteiger partial charge in [-0.05, 0) is 125 Å². The highest BCUT2D eigenvalue weighted by Gasteiger charge is 2.25. The Hall–Kier alpha value is -7.04. The number of nitrogens with zero attached hydrogens (tertiary/aromatic N) is 3. The molecule has 288 valence electrons. The van der Waals surface area contributed by atoms with Gasteiger partial charge in [-0.1, -0.05) is 141 Å². The van der Waals surface area contributed by atoms with Crippen LogP contribution in [0.3, 0.4) is 0 Å². The van der Waals surface area contributed by atoms with Gasteiger partial charge in [-0.25, -0.2) is 4.98 Å². The summed E-state index contributed by atoms with van der Waals surface area (Å²) >= 11 is 0. The zero-order chi connectivity index (χ0) is 43.3. The van der Waals surface area contributed by atoms with Gasteiger partial charge in [-0.2, -0.15) is 0 Å². The summed E-state index contributed by atoms with van der Waals surface area (Å²) in [6, 6.07) is 55.1. The number of para-hydroxylation sites is 1. The molecule has 4 nitrogen and oxygen atoms in total. The molecule has 0 unspecified atom stereocenters. The third kappa shape index (κ3) is 7.23. The maximum absolute atomic E-state index is 12.0. The minimum Gasteiger partial charge on any atom is -0.507 e. The molecule has 9 rings (SSSR count). The second kappa shape index (κ2) is 15.0. The highest BCUT2D eigenvalue weighted by molar-refractivity contribution is 5.98. The Labute approximate surface area is 351 Å². The monoisotopic (exact) mass is 768 g/mol. The molecule has 0 bridgehead atoms. The smallest absolute Gasteiger partial charge is 0.149 e. The second-order valence-electron chi connectivity index (χ2n) is 16.4. The van der Waals surface area contributed by atoms with Gasteiger partial charge in [0.05, 0.1) is 28.0 Å². The lowest BCUT2D eigenvalue weighted by Gasteiger charge is -2.22. The summed E-state index contributed by atoms with van der Waals surface area (Å²) in [6.45, 7) is 8.18. The van der Waals surface area contributed by atoms with E-state index in [1.54, 1.807) is 12.1 Å². The second-order valence-corrected chi connectivity index (χ2v) is 16.4. The number of hydrogen-bond acceptors (Lipinski definition) is 3. The molecule has 4 heteroatoms. The zero-order valence-electron chi connectivity index (χ0n) is 37.0. The quantitative estimate of drug-likeness (QED) is 0.176. The minimum atomic E-state index is -2.32. The lowest BCUT2D eigenvalue weighted by Crippen LogP contribution is -2.12. The Bertz CT molecular complexity index is 3110. The lowest BCUT2D eigenvalue weighted by molar-refractivity contribution is 0.471. The van der Waals surface area contributed by atoms with Gasteiger partial charge in [0.25, 0.3) is 0 Å². The van der Waals surface area contributed by atoms with E-state index < -0.39 is 6.85 Å². The SMILES string of the molecule is [2H]C([2H])([2H])c1ccc(-n2c(-c3cc(C(C)(C)C)cc(C)c3O)nc3c(-c4cc(-c5ccccc5)cc(-c5cc(-c6ccc(C)cc6)ccn5)c4)cccc32)c(-c2ccccc2)c1. The Morgan fingerprint density at radius 1 is 0.542 bits per heavy atom. The van der Waals surface area contributed by atoms with E-state index in [0.717, 1.165) is 83.6 Å². The molecule has 59 heavy (non-hydrogen) atoms. The third-order valence-electron chi connectivity index (χ3n) is 11.2. The van der Waals surface area contributed by atoms with Crippen molar-refractivity contribution < 1.29 is 9.22 Å². The number of pyridine rings is 1. The van der Waals surface area contributed by atoms with Gasteiger partial charge in [0.2, 0.25) is 0 Å². The first-order valence-corrected chi connectivity index (χ1v) is 20.0. The fourth-order valence-corrected chi connectivity index (χ4v) is 7.96. The number of imidazole rings is 1. The molecule has 0 aliphatic heterocycles. The van der Waals surface area contributed by atoms with Crippen molar-refractivity contribution in [3.05, 3.63) is 192 Å². The van der Waals surface area contributed by atoms with Gasteiger partial charge in [-0.15, -0.1) is 0 Å². The normalized spacial score (nSPS) is 12.6. The highest BCUT2D eigenvalue weighted by Crippen LogP contribution is 2.43. The van der Waals surface area contributed by atoms with E-state index in [1.165, 1.54) is 5.56 Å². The van der Waals surface area contributed by atoms with E-state index in [9.17, 15) is 5.11 Å². The molecule has 7 aromatic carbocycles. The van der Waals surface area contributed by atoms with Gasteiger partial charge >= 0.3 is 0 Å². The van der Waals surface area contributed by atoms with Crippen molar-refractivity contribution in [2.45, 2.75) is 46.9 Å². The van der Waals surface area contributed by atoms with E-state index in [1.807, 2.05) is 85.9 Å². The fourth-order valence-electron chi connectivity index (χ4n) is 7.96. The minimum absolute atomic E-state index is 0.143. The molecule has 0 aliphatic rings. The van der Waals surface area contributed by atoms with Gasteiger partial charge < -0.3 is 5.11 Å². The van der Waals surface area contributed by atoms with E-state index in [0.29, 0.717) is 11.4 Å².